The van der Waals surface area contributed by atoms with Crippen LogP contribution < -0.4 is 0 Å². The van der Waals surface area contributed by atoms with E-state index in [1.54, 1.807) is 12.1 Å². The van der Waals surface area contributed by atoms with Gasteiger partial charge in [-0.2, -0.15) is 0 Å². The normalized spacial score (nSPS) is 12.5. The number of hydrogen-bond acceptors (Lipinski definition) is 0. The molecule has 17 heavy (non-hydrogen) atoms. The summed E-state index contributed by atoms with van der Waals surface area (Å²) in [7, 11) is 0. The molecule has 0 saturated heterocycles. The SMILES string of the molecule is Cc1ccc(C(Br)c2ccc(F)cc2)c(Cl)c1. The van der Waals surface area contributed by atoms with Crippen molar-refractivity contribution in [3.8, 4) is 0 Å². The van der Waals surface area contributed by atoms with E-state index in [0.717, 1.165) is 21.7 Å². The Bertz CT molecular complexity index is 522. The molecule has 0 aliphatic carbocycles. The molecule has 1 atom stereocenters. The van der Waals surface area contributed by atoms with Gasteiger partial charge in [0, 0.05) is 5.02 Å². The molecule has 2 aromatic rings. The number of rotatable bonds is 2. The van der Waals surface area contributed by atoms with E-state index in [9.17, 15) is 4.39 Å². The van der Waals surface area contributed by atoms with Crippen LogP contribution in [0.2, 0.25) is 5.02 Å². The third-order valence-electron chi connectivity index (χ3n) is 2.59. The van der Waals surface area contributed by atoms with Gasteiger partial charge in [0.2, 0.25) is 0 Å². The van der Waals surface area contributed by atoms with Crippen LogP contribution in [0.25, 0.3) is 0 Å². The molecule has 2 rings (SSSR count). The minimum absolute atomic E-state index is 0.0174. The summed E-state index contributed by atoms with van der Waals surface area (Å²) in [4.78, 5) is -0.0174. The molecule has 0 radical (unpaired) electrons. The Kier molecular flexibility index (Phi) is 3.85. The van der Waals surface area contributed by atoms with E-state index in [4.69, 9.17) is 11.6 Å². The Labute approximate surface area is 114 Å². The summed E-state index contributed by atoms with van der Waals surface area (Å²) in [5, 5.41) is 0.719. The van der Waals surface area contributed by atoms with Crippen molar-refractivity contribution in [3.05, 3.63) is 70.0 Å². The van der Waals surface area contributed by atoms with E-state index in [1.807, 2.05) is 25.1 Å². The van der Waals surface area contributed by atoms with E-state index in [-0.39, 0.29) is 10.6 Å². The van der Waals surface area contributed by atoms with Gasteiger partial charge >= 0.3 is 0 Å². The lowest BCUT2D eigenvalue weighted by Gasteiger charge is -2.13. The number of halogens is 3. The maximum Gasteiger partial charge on any atom is 0.123 e. The predicted octanol–water partition coefficient (Wildman–Crippen LogP) is 5.27. The van der Waals surface area contributed by atoms with Gasteiger partial charge in [0.05, 0.1) is 4.83 Å². The zero-order valence-electron chi connectivity index (χ0n) is 9.25. The summed E-state index contributed by atoms with van der Waals surface area (Å²) in [5.74, 6) is -0.233. The van der Waals surface area contributed by atoms with E-state index < -0.39 is 0 Å². The van der Waals surface area contributed by atoms with Gasteiger partial charge in [-0.25, -0.2) is 4.39 Å². The van der Waals surface area contributed by atoms with Gasteiger partial charge in [-0.1, -0.05) is 51.8 Å². The second kappa shape index (κ2) is 5.19. The molecule has 88 valence electrons. The van der Waals surface area contributed by atoms with Crippen LogP contribution >= 0.6 is 27.5 Å². The maximum absolute atomic E-state index is 12.8. The summed E-state index contributed by atoms with van der Waals surface area (Å²) in [6.07, 6.45) is 0. The van der Waals surface area contributed by atoms with Crippen molar-refractivity contribution in [2.75, 3.05) is 0 Å². The van der Waals surface area contributed by atoms with Crippen molar-refractivity contribution >= 4 is 27.5 Å². The van der Waals surface area contributed by atoms with Gasteiger partial charge in [0.25, 0.3) is 0 Å². The van der Waals surface area contributed by atoms with Crippen LogP contribution in [0.3, 0.4) is 0 Å². The molecule has 2 aromatic carbocycles. The van der Waals surface area contributed by atoms with E-state index in [0.29, 0.717) is 0 Å². The molecule has 0 aromatic heterocycles. The van der Waals surface area contributed by atoms with Crippen molar-refractivity contribution in [1.82, 2.24) is 0 Å². The van der Waals surface area contributed by atoms with Gasteiger partial charge < -0.3 is 0 Å². The van der Waals surface area contributed by atoms with Gasteiger partial charge in [-0.05, 0) is 41.8 Å². The highest BCUT2D eigenvalue weighted by atomic mass is 79.9. The van der Waals surface area contributed by atoms with Crippen LogP contribution in [-0.4, -0.2) is 0 Å². The second-order valence-corrected chi connectivity index (χ2v) is 5.26. The Hall–Kier alpha value is -0.860. The standard InChI is InChI=1S/C14H11BrClF/c1-9-2-7-12(13(16)8-9)14(15)10-3-5-11(17)6-4-10/h2-8,14H,1H3. The zero-order chi connectivity index (χ0) is 12.4. The monoisotopic (exact) mass is 312 g/mol. The minimum Gasteiger partial charge on any atom is -0.207 e. The smallest absolute Gasteiger partial charge is 0.123 e. The summed E-state index contributed by atoms with van der Waals surface area (Å²) in [6.45, 7) is 2.00. The molecule has 0 saturated carbocycles. The number of alkyl halides is 1. The first-order chi connectivity index (χ1) is 8.08. The van der Waals surface area contributed by atoms with Gasteiger partial charge in [-0.15, -0.1) is 0 Å². The van der Waals surface area contributed by atoms with Crippen molar-refractivity contribution in [1.29, 1.82) is 0 Å². The van der Waals surface area contributed by atoms with Gasteiger partial charge in [0.15, 0.2) is 0 Å². The quantitative estimate of drug-likeness (QED) is 0.662. The van der Waals surface area contributed by atoms with E-state index in [1.165, 1.54) is 12.1 Å². The first-order valence-electron chi connectivity index (χ1n) is 5.23. The van der Waals surface area contributed by atoms with E-state index >= 15 is 0 Å². The molecule has 0 nitrogen and oxygen atoms in total. The molecule has 0 heterocycles. The zero-order valence-corrected chi connectivity index (χ0v) is 11.6. The first-order valence-corrected chi connectivity index (χ1v) is 6.53. The largest absolute Gasteiger partial charge is 0.207 e. The number of benzene rings is 2. The number of aryl methyl sites for hydroxylation is 1. The number of hydrogen-bond donors (Lipinski definition) is 0. The summed E-state index contributed by atoms with van der Waals surface area (Å²) >= 11 is 9.79. The lowest BCUT2D eigenvalue weighted by Crippen LogP contribution is -1.94. The molecule has 0 N–H and O–H groups in total. The Morgan fingerprint density at radius 2 is 1.76 bits per heavy atom. The molecule has 0 bridgehead atoms. The van der Waals surface area contributed by atoms with Crippen molar-refractivity contribution in [2.45, 2.75) is 11.8 Å². The first kappa shape index (κ1) is 12.6. The minimum atomic E-state index is -0.233. The van der Waals surface area contributed by atoms with Crippen LogP contribution in [-0.2, 0) is 0 Å². The summed E-state index contributed by atoms with van der Waals surface area (Å²) in [6, 6.07) is 12.3. The van der Waals surface area contributed by atoms with Crippen LogP contribution in [0, 0.1) is 12.7 Å². The van der Waals surface area contributed by atoms with Gasteiger partial charge in [0.1, 0.15) is 5.82 Å². The molecule has 3 heteroatoms. The highest BCUT2D eigenvalue weighted by molar-refractivity contribution is 9.09. The van der Waals surface area contributed by atoms with Crippen molar-refractivity contribution in [2.24, 2.45) is 0 Å². The van der Waals surface area contributed by atoms with Gasteiger partial charge in [-0.3, -0.25) is 0 Å². The van der Waals surface area contributed by atoms with Crippen LogP contribution in [0.4, 0.5) is 4.39 Å². The predicted molar refractivity (Wildman–Crippen MR) is 73.4 cm³/mol. The highest BCUT2D eigenvalue weighted by Gasteiger charge is 2.13. The molecular formula is C14H11BrClF. The molecule has 1 unspecified atom stereocenters. The fraction of sp³-hybridized carbons (Fsp3) is 0.143. The Morgan fingerprint density at radius 3 is 2.35 bits per heavy atom. The van der Waals surface area contributed by atoms with Crippen molar-refractivity contribution < 1.29 is 4.39 Å². The average molecular weight is 314 g/mol. The van der Waals surface area contributed by atoms with Crippen LogP contribution in [0.15, 0.2) is 42.5 Å². The maximum atomic E-state index is 12.8. The fourth-order valence-electron chi connectivity index (χ4n) is 1.65. The highest BCUT2D eigenvalue weighted by Crippen LogP contribution is 2.35. The average Bonchev–Trinajstić information content (AvgIpc) is 2.29. The lowest BCUT2D eigenvalue weighted by atomic mass is 10.0. The Balaban J connectivity index is 2.36. The molecule has 0 amide bonds. The summed E-state index contributed by atoms with van der Waals surface area (Å²) < 4.78 is 12.8. The molecular weight excluding hydrogens is 303 g/mol. The fourth-order valence-corrected chi connectivity index (χ4v) is 2.83. The third-order valence-corrected chi connectivity index (χ3v) is 3.94. The lowest BCUT2D eigenvalue weighted by molar-refractivity contribution is 0.627. The second-order valence-electron chi connectivity index (χ2n) is 3.94. The summed E-state index contributed by atoms with van der Waals surface area (Å²) in [5.41, 5.74) is 3.10. The molecule has 0 fully saturated rings. The molecule has 0 spiro atoms. The Morgan fingerprint density at radius 1 is 1.12 bits per heavy atom. The van der Waals surface area contributed by atoms with E-state index in [2.05, 4.69) is 15.9 Å². The van der Waals surface area contributed by atoms with Crippen molar-refractivity contribution in [3.63, 3.8) is 0 Å². The third kappa shape index (κ3) is 2.88. The van der Waals surface area contributed by atoms with Crippen LogP contribution in [0.1, 0.15) is 21.5 Å². The molecule has 0 aliphatic rings. The van der Waals surface area contributed by atoms with Crippen LogP contribution in [0.5, 0.6) is 0 Å². The topological polar surface area (TPSA) is 0 Å². The molecule has 0 aliphatic heterocycles.